The van der Waals surface area contributed by atoms with E-state index in [2.05, 4.69) is 9.47 Å². The molecule has 4 rings (SSSR count). The maximum absolute atomic E-state index is 14.1. The summed E-state index contributed by atoms with van der Waals surface area (Å²) < 4.78 is 311. The van der Waals surface area contributed by atoms with Crippen molar-refractivity contribution < 1.29 is 116 Å². The van der Waals surface area contributed by atoms with Crippen LogP contribution in [0.25, 0.3) is 0 Å². The van der Waals surface area contributed by atoms with E-state index in [-0.39, 0.29) is 23.0 Å². The van der Waals surface area contributed by atoms with Crippen molar-refractivity contribution in [3.63, 3.8) is 0 Å². The number of hydrogen-bond acceptors (Lipinski definition) is 6. The lowest BCUT2D eigenvalue weighted by molar-refractivity contribution is -0.392. The molecule has 4 N–H and O–H groups in total. The van der Waals surface area contributed by atoms with E-state index in [0.29, 0.717) is 23.3 Å². The van der Waals surface area contributed by atoms with Gasteiger partial charge in [-0.2, -0.15) is 96.6 Å². The van der Waals surface area contributed by atoms with Gasteiger partial charge in [-0.25, -0.2) is 0 Å². The van der Waals surface area contributed by atoms with Crippen molar-refractivity contribution in [2.45, 2.75) is 67.2 Å². The summed E-state index contributed by atoms with van der Waals surface area (Å²) in [5, 5.41) is 0. The summed E-state index contributed by atoms with van der Waals surface area (Å²) in [4.78, 5) is 0. The van der Waals surface area contributed by atoms with E-state index >= 15 is 0 Å². The van der Waals surface area contributed by atoms with Gasteiger partial charge in [0.05, 0.1) is 11.4 Å². The molecule has 67 heavy (non-hydrogen) atoms. The maximum atomic E-state index is 14.1. The van der Waals surface area contributed by atoms with Crippen molar-refractivity contribution in [1.82, 2.24) is 0 Å². The highest BCUT2D eigenvalue weighted by molar-refractivity contribution is 5.58. The highest BCUT2D eigenvalue weighted by atomic mass is 19.4. The summed E-state index contributed by atoms with van der Waals surface area (Å²) in [7, 11) is 0. The quantitative estimate of drug-likeness (QED) is 0.0660. The van der Waals surface area contributed by atoms with Crippen LogP contribution in [0.5, 0.6) is 34.5 Å². The third-order valence-electron chi connectivity index (χ3n) is 9.17. The lowest BCUT2D eigenvalue weighted by Gasteiger charge is -2.32. The van der Waals surface area contributed by atoms with Gasteiger partial charge in [-0.1, -0.05) is 38.1 Å². The molecule has 6 nitrogen and oxygen atoms in total. The molecule has 0 spiro atoms. The molecular weight excluding hydrogens is 978 g/mol. The molecule has 0 unspecified atom stereocenters. The van der Waals surface area contributed by atoms with Crippen molar-refractivity contribution in [2.24, 2.45) is 0 Å². The van der Waals surface area contributed by atoms with Gasteiger partial charge in [0.25, 0.3) is 0 Å². The molecule has 0 atom stereocenters. The number of nitrogen functional groups attached to an aromatic ring is 2. The maximum Gasteiger partial charge on any atom is 0.460 e. The van der Waals surface area contributed by atoms with E-state index < -0.39 is 99.9 Å². The molecule has 0 bridgehead atoms. The van der Waals surface area contributed by atoms with Gasteiger partial charge >= 0.3 is 59.9 Å². The Morgan fingerprint density at radius 3 is 0.910 bits per heavy atom. The third kappa shape index (κ3) is 9.87. The van der Waals surface area contributed by atoms with Crippen LogP contribution >= 0.6 is 0 Å². The van der Waals surface area contributed by atoms with E-state index in [9.17, 15) is 96.6 Å². The van der Waals surface area contributed by atoms with E-state index in [0.717, 1.165) is 24.3 Å². The Morgan fingerprint density at radius 1 is 0.388 bits per heavy atom. The Morgan fingerprint density at radius 2 is 0.657 bits per heavy atom. The number of hydrogen-bond donors (Lipinski definition) is 2. The predicted molar refractivity (Wildman–Crippen MR) is 188 cm³/mol. The highest BCUT2D eigenvalue weighted by Crippen LogP contribution is 2.57. The number of ether oxygens (including phenoxy) is 4. The van der Waals surface area contributed by atoms with Crippen molar-refractivity contribution in [1.29, 1.82) is 0 Å². The van der Waals surface area contributed by atoms with Crippen LogP contribution in [0.1, 0.15) is 25.0 Å². The molecule has 0 fully saturated rings. The molecule has 0 saturated carbocycles. The fourth-order valence-corrected chi connectivity index (χ4v) is 5.24. The van der Waals surface area contributed by atoms with Crippen LogP contribution in [0.3, 0.4) is 0 Å². The molecule has 0 heterocycles. The minimum absolute atomic E-state index is 0.0746. The van der Waals surface area contributed by atoms with Crippen LogP contribution in [0, 0.1) is 0 Å². The summed E-state index contributed by atoms with van der Waals surface area (Å²) in [6.45, 7) is 3.50. The highest BCUT2D eigenvalue weighted by Gasteiger charge is 2.84. The van der Waals surface area contributed by atoms with Gasteiger partial charge < -0.3 is 30.4 Å². The Balaban J connectivity index is 1.42. The number of rotatable bonds is 16. The molecule has 0 amide bonds. The first-order valence-electron chi connectivity index (χ1n) is 17.5. The largest absolute Gasteiger partial charge is 0.460 e. The van der Waals surface area contributed by atoms with Gasteiger partial charge in [-0.05, 0) is 59.7 Å². The van der Waals surface area contributed by atoms with Gasteiger partial charge in [0.1, 0.15) is 23.0 Å². The molecule has 28 heteroatoms. The summed E-state index contributed by atoms with van der Waals surface area (Å²) in [5.74, 6) is -54.9. The molecule has 0 aliphatic carbocycles. The molecule has 0 aromatic heterocycles. The van der Waals surface area contributed by atoms with Gasteiger partial charge in [0.15, 0.2) is 11.5 Å². The van der Waals surface area contributed by atoms with Crippen LogP contribution in [-0.4, -0.2) is 47.9 Å². The number of benzene rings is 4. The standard InChI is InChI=1S/C39H24F22N2O4/c1-31(2,17-3-7-19(8-4-17)64-21-11-13-25(23(62)15-21)66-29(42)27(40)32(44,45)34(48,49)36(52,53)38(56,57)58)18-5-9-20(10-6-18)65-22-12-14-26(24(63)16-22)67-30(43)28(41)33(46,47)35(50,51)37(54,55)39(59,60)61/h3-16H,62-63H2,1-2H3. The number of halogens is 22. The SMILES string of the molecule is CC(C)(c1ccc(Oc2ccc(OC(F)=C(F)C(F)(F)C(F)(F)C(F)(F)C(F)(F)F)c(N)c2)cc1)c1ccc(Oc2ccc(OC(F)=C(F)C(F)(F)C(F)(F)C(F)(F)C(F)(F)F)c(N)c2)cc1. The Labute approximate surface area is 359 Å². The molecule has 368 valence electrons. The van der Waals surface area contributed by atoms with Crippen LogP contribution in [0.4, 0.5) is 108 Å². The minimum Gasteiger partial charge on any atom is -0.457 e. The molecular formula is C39H24F22N2O4. The topological polar surface area (TPSA) is 89.0 Å². The molecule has 4 aromatic rings. The van der Waals surface area contributed by atoms with Crippen LogP contribution < -0.4 is 30.4 Å². The lowest BCUT2D eigenvalue weighted by atomic mass is 9.78. The van der Waals surface area contributed by atoms with Gasteiger partial charge in [0, 0.05) is 17.5 Å². The smallest absolute Gasteiger partial charge is 0.457 e. The summed E-state index contributed by atoms with van der Waals surface area (Å²) in [6.07, 6.45) is -14.6. The predicted octanol–water partition coefficient (Wildman–Crippen LogP) is 14.7. The number of alkyl halides is 18. The zero-order chi connectivity index (χ0) is 51.3. The average molecular weight is 1000 g/mol. The summed E-state index contributed by atoms with van der Waals surface area (Å²) >= 11 is 0. The summed E-state index contributed by atoms with van der Waals surface area (Å²) in [5.41, 5.74) is 10.0. The zero-order valence-corrected chi connectivity index (χ0v) is 32.7. The fourth-order valence-electron chi connectivity index (χ4n) is 5.24. The second kappa shape index (κ2) is 17.7. The molecule has 4 aromatic carbocycles. The first-order chi connectivity index (χ1) is 30.3. The zero-order valence-electron chi connectivity index (χ0n) is 32.7. The van der Waals surface area contributed by atoms with Crippen molar-refractivity contribution in [2.75, 3.05) is 11.5 Å². The molecule has 0 aliphatic rings. The lowest BCUT2D eigenvalue weighted by Crippen LogP contribution is -2.61. The normalized spacial score (nSPS) is 14.6. The second-order valence-electron chi connectivity index (χ2n) is 14.1. The van der Waals surface area contributed by atoms with E-state index in [1.165, 1.54) is 24.3 Å². The third-order valence-corrected chi connectivity index (χ3v) is 9.17. The second-order valence-corrected chi connectivity index (χ2v) is 14.1. The monoisotopic (exact) mass is 1000 g/mol. The van der Waals surface area contributed by atoms with Crippen LogP contribution in [0.15, 0.2) is 109 Å². The first-order valence-corrected chi connectivity index (χ1v) is 17.5. The van der Waals surface area contributed by atoms with Crippen molar-refractivity contribution in [3.8, 4) is 34.5 Å². The van der Waals surface area contributed by atoms with Crippen molar-refractivity contribution in [3.05, 3.63) is 120 Å². The first kappa shape index (κ1) is 53.2. The summed E-state index contributed by atoms with van der Waals surface area (Å²) in [6, 6.07) is 9.81. The van der Waals surface area contributed by atoms with Crippen LogP contribution in [-0.2, 0) is 5.41 Å². The number of nitrogens with two attached hydrogens (primary N) is 2. The fraction of sp³-hybridized carbons (Fsp3) is 0.282. The molecule has 0 saturated heterocycles. The minimum atomic E-state index is -7.52. The average Bonchev–Trinajstić information content (AvgIpc) is 3.21. The molecule has 0 aliphatic heterocycles. The van der Waals surface area contributed by atoms with E-state index in [1.54, 1.807) is 38.1 Å². The number of allylic oxidation sites excluding steroid dienone is 2. The van der Waals surface area contributed by atoms with Crippen LogP contribution in [0.2, 0.25) is 0 Å². The van der Waals surface area contributed by atoms with Gasteiger partial charge in [0.2, 0.25) is 11.7 Å². The molecule has 0 radical (unpaired) electrons. The van der Waals surface area contributed by atoms with E-state index in [4.69, 9.17) is 20.9 Å². The van der Waals surface area contributed by atoms with Gasteiger partial charge in [-0.3, -0.25) is 0 Å². The Kier molecular flexibility index (Phi) is 14.1. The van der Waals surface area contributed by atoms with Gasteiger partial charge in [-0.15, -0.1) is 0 Å². The van der Waals surface area contributed by atoms with Crippen molar-refractivity contribution >= 4 is 11.4 Å². The Bertz CT molecular complexity index is 2330. The van der Waals surface area contributed by atoms with E-state index in [1.807, 2.05) is 0 Å². The number of anilines is 2. The Hall–Kier alpha value is -6.38.